The maximum atomic E-state index is 12.2. The molecule has 1 atom stereocenters. The second-order valence-corrected chi connectivity index (χ2v) is 7.23. The summed E-state index contributed by atoms with van der Waals surface area (Å²) in [5.74, 6) is 1.79. The standard InChI is InChI=1S/C19H17N3O6S/c1-11(23)17-5-3-13(29-17)7-21-19(24)28-16-8-20-9-22-18(16)27-12-2-4-14-15(6-12)26-10-25-14/h2-6,8-9,11,23H,7,10H2,1H3,(H,21,24). The van der Waals surface area contributed by atoms with Crippen molar-refractivity contribution in [3.8, 4) is 28.9 Å². The van der Waals surface area contributed by atoms with E-state index in [0.717, 1.165) is 9.75 Å². The van der Waals surface area contributed by atoms with Crippen molar-refractivity contribution < 1.29 is 28.8 Å². The van der Waals surface area contributed by atoms with Gasteiger partial charge in [0, 0.05) is 15.8 Å². The first-order valence-electron chi connectivity index (χ1n) is 8.68. The third-order valence-corrected chi connectivity index (χ3v) is 5.16. The molecule has 10 heteroatoms. The molecule has 0 spiro atoms. The SMILES string of the molecule is CC(O)c1ccc(CNC(=O)Oc2cncnc2Oc2ccc3c(c2)OCO3)s1. The van der Waals surface area contributed by atoms with Crippen LogP contribution in [0.3, 0.4) is 0 Å². The number of hydrogen-bond donors (Lipinski definition) is 2. The van der Waals surface area contributed by atoms with Gasteiger partial charge in [0.2, 0.25) is 12.5 Å². The Morgan fingerprint density at radius 1 is 1.31 bits per heavy atom. The predicted molar refractivity (Wildman–Crippen MR) is 102 cm³/mol. The summed E-state index contributed by atoms with van der Waals surface area (Å²) in [6, 6.07) is 8.72. The van der Waals surface area contributed by atoms with Crippen molar-refractivity contribution in [2.24, 2.45) is 0 Å². The van der Waals surface area contributed by atoms with Crippen LogP contribution in [0.25, 0.3) is 0 Å². The van der Waals surface area contributed by atoms with Gasteiger partial charge < -0.3 is 29.4 Å². The molecule has 2 N–H and O–H groups in total. The van der Waals surface area contributed by atoms with E-state index in [4.69, 9.17) is 18.9 Å². The fourth-order valence-electron chi connectivity index (χ4n) is 2.51. The van der Waals surface area contributed by atoms with E-state index in [1.165, 1.54) is 23.9 Å². The molecule has 150 valence electrons. The fourth-order valence-corrected chi connectivity index (χ4v) is 3.40. The molecule has 0 saturated heterocycles. The van der Waals surface area contributed by atoms with Gasteiger partial charge in [0.15, 0.2) is 11.5 Å². The Bertz CT molecular complexity index is 1020. The minimum atomic E-state index is -0.678. The summed E-state index contributed by atoms with van der Waals surface area (Å²) in [5, 5.41) is 12.2. The van der Waals surface area contributed by atoms with E-state index in [0.29, 0.717) is 17.2 Å². The number of thiophene rings is 1. The van der Waals surface area contributed by atoms with E-state index in [1.807, 2.05) is 12.1 Å². The second kappa shape index (κ2) is 8.33. The highest BCUT2D eigenvalue weighted by atomic mass is 32.1. The Morgan fingerprint density at radius 2 is 2.17 bits per heavy atom. The van der Waals surface area contributed by atoms with Crippen LogP contribution in [0.2, 0.25) is 0 Å². The second-order valence-electron chi connectivity index (χ2n) is 6.03. The highest BCUT2D eigenvalue weighted by Crippen LogP contribution is 2.37. The molecule has 29 heavy (non-hydrogen) atoms. The largest absolute Gasteiger partial charge is 0.454 e. The normalized spacial score (nSPS) is 13.0. The van der Waals surface area contributed by atoms with E-state index in [1.54, 1.807) is 25.1 Å². The van der Waals surface area contributed by atoms with Crippen LogP contribution < -0.4 is 24.3 Å². The molecule has 0 fully saturated rings. The zero-order valence-corrected chi connectivity index (χ0v) is 16.1. The van der Waals surface area contributed by atoms with Crippen molar-refractivity contribution in [1.82, 2.24) is 15.3 Å². The van der Waals surface area contributed by atoms with Crippen LogP contribution in [0.4, 0.5) is 4.79 Å². The number of rotatable bonds is 6. The molecule has 3 heterocycles. The number of fused-ring (bicyclic) bond motifs is 1. The van der Waals surface area contributed by atoms with Crippen molar-refractivity contribution in [3.05, 3.63) is 52.6 Å². The Hall–Kier alpha value is -3.37. The smallest absolute Gasteiger partial charge is 0.413 e. The number of nitrogens with zero attached hydrogens (tertiary/aromatic N) is 2. The van der Waals surface area contributed by atoms with Crippen LogP contribution >= 0.6 is 11.3 Å². The van der Waals surface area contributed by atoms with Gasteiger partial charge in [-0.25, -0.2) is 9.78 Å². The lowest BCUT2D eigenvalue weighted by Gasteiger charge is -2.10. The molecule has 0 aliphatic carbocycles. The van der Waals surface area contributed by atoms with Crippen LogP contribution in [-0.2, 0) is 6.54 Å². The summed E-state index contributed by atoms with van der Waals surface area (Å²) in [6.07, 6.45) is 1.41. The molecule has 1 aromatic carbocycles. The lowest BCUT2D eigenvalue weighted by Crippen LogP contribution is -2.26. The minimum Gasteiger partial charge on any atom is -0.454 e. The summed E-state index contributed by atoms with van der Waals surface area (Å²) in [6.45, 7) is 2.11. The molecule has 4 rings (SSSR count). The number of benzene rings is 1. The van der Waals surface area contributed by atoms with Gasteiger partial charge in [-0.2, -0.15) is 4.98 Å². The summed E-state index contributed by atoms with van der Waals surface area (Å²) in [7, 11) is 0. The number of hydrogen-bond acceptors (Lipinski definition) is 9. The number of carbonyl (C=O) groups is 1. The number of carbonyl (C=O) groups excluding carboxylic acids is 1. The lowest BCUT2D eigenvalue weighted by atomic mass is 10.3. The molecule has 1 aliphatic heterocycles. The van der Waals surface area contributed by atoms with Crippen molar-refractivity contribution in [1.29, 1.82) is 0 Å². The molecule has 1 amide bonds. The van der Waals surface area contributed by atoms with Gasteiger partial charge in [-0.05, 0) is 31.2 Å². The van der Waals surface area contributed by atoms with E-state index < -0.39 is 12.2 Å². The summed E-state index contributed by atoms with van der Waals surface area (Å²) < 4.78 is 21.6. The van der Waals surface area contributed by atoms with Gasteiger partial charge in [-0.15, -0.1) is 11.3 Å². The third kappa shape index (κ3) is 4.55. The number of amides is 1. The third-order valence-electron chi connectivity index (χ3n) is 3.91. The van der Waals surface area contributed by atoms with Gasteiger partial charge in [0.25, 0.3) is 5.88 Å². The van der Waals surface area contributed by atoms with Gasteiger partial charge >= 0.3 is 6.09 Å². The Labute approximate surface area is 169 Å². The lowest BCUT2D eigenvalue weighted by molar-refractivity contribution is 0.174. The van der Waals surface area contributed by atoms with Crippen LogP contribution in [0, 0.1) is 0 Å². The molecule has 0 radical (unpaired) electrons. The Morgan fingerprint density at radius 3 is 3.00 bits per heavy atom. The first-order valence-corrected chi connectivity index (χ1v) is 9.50. The van der Waals surface area contributed by atoms with Crippen molar-refractivity contribution in [3.63, 3.8) is 0 Å². The summed E-state index contributed by atoms with van der Waals surface area (Å²) >= 11 is 1.41. The number of nitrogens with one attached hydrogen (secondary N) is 1. The minimum absolute atomic E-state index is 0.0681. The number of aromatic nitrogens is 2. The van der Waals surface area contributed by atoms with Crippen molar-refractivity contribution in [2.75, 3.05) is 6.79 Å². The molecule has 1 unspecified atom stereocenters. The van der Waals surface area contributed by atoms with Crippen molar-refractivity contribution >= 4 is 17.4 Å². The van der Waals surface area contributed by atoms with Gasteiger partial charge in [-0.3, -0.25) is 0 Å². The van der Waals surface area contributed by atoms with E-state index >= 15 is 0 Å². The Balaban J connectivity index is 1.39. The topological polar surface area (TPSA) is 112 Å². The summed E-state index contributed by atoms with van der Waals surface area (Å²) in [4.78, 5) is 21.8. The molecule has 0 saturated carbocycles. The maximum absolute atomic E-state index is 12.2. The molecular weight excluding hydrogens is 398 g/mol. The van der Waals surface area contributed by atoms with Crippen LogP contribution in [0.15, 0.2) is 42.9 Å². The first-order chi connectivity index (χ1) is 14.1. The molecular formula is C19H17N3O6S. The van der Waals surface area contributed by atoms with E-state index in [-0.39, 0.29) is 25.0 Å². The van der Waals surface area contributed by atoms with Crippen molar-refractivity contribution in [2.45, 2.75) is 19.6 Å². The predicted octanol–water partition coefficient (Wildman–Crippen LogP) is 3.40. The quantitative estimate of drug-likeness (QED) is 0.630. The maximum Gasteiger partial charge on any atom is 0.413 e. The monoisotopic (exact) mass is 415 g/mol. The number of ether oxygens (including phenoxy) is 4. The zero-order chi connectivity index (χ0) is 20.2. The average molecular weight is 415 g/mol. The van der Waals surface area contributed by atoms with E-state index in [9.17, 15) is 9.90 Å². The first kappa shape index (κ1) is 19.0. The number of aliphatic hydroxyl groups is 1. The Kier molecular flexibility index (Phi) is 5.45. The highest BCUT2D eigenvalue weighted by molar-refractivity contribution is 7.12. The molecule has 9 nitrogen and oxygen atoms in total. The molecule has 0 bridgehead atoms. The summed E-state index contributed by atoms with van der Waals surface area (Å²) in [5.41, 5.74) is 0. The van der Waals surface area contributed by atoms with Gasteiger partial charge in [0.1, 0.15) is 12.1 Å². The van der Waals surface area contributed by atoms with Gasteiger partial charge in [-0.1, -0.05) is 0 Å². The molecule has 1 aliphatic rings. The fraction of sp³-hybridized carbons (Fsp3) is 0.211. The molecule has 3 aromatic rings. The zero-order valence-electron chi connectivity index (χ0n) is 15.3. The van der Waals surface area contributed by atoms with Crippen LogP contribution in [-0.4, -0.2) is 28.0 Å². The van der Waals surface area contributed by atoms with E-state index in [2.05, 4.69) is 15.3 Å². The van der Waals surface area contributed by atoms with Crippen LogP contribution in [0.1, 0.15) is 22.8 Å². The molecule has 2 aromatic heterocycles. The van der Waals surface area contributed by atoms with Gasteiger partial charge in [0.05, 0.1) is 18.8 Å². The highest BCUT2D eigenvalue weighted by Gasteiger charge is 2.17. The average Bonchev–Trinajstić information content (AvgIpc) is 3.37. The van der Waals surface area contributed by atoms with Crippen LogP contribution in [0.5, 0.6) is 28.9 Å². The number of aliphatic hydroxyl groups excluding tert-OH is 1.